The molecule has 1 aromatic heterocycles. The van der Waals surface area contributed by atoms with E-state index in [4.69, 9.17) is 0 Å². The third-order valence-electron chi connectivity index (χ3n) is 2.14. The third-order valence-corrected chi connectivity index (χ3v) is 2.78. The van der Waals surface area contributed by atoms with Gasteiger partial charge in [-0.2, -0.15) is 5.10 Å². The normalized spacial score (nSPS) is 11.4. The number of benzene rings is 1. The Labute approximate surface area is 85.5 Å². The fraction of sp³-hybridized carbons (Fsp3) is 0.300. The van der Waals surface area contributed by atoms with Crippen LogP contribution in [0.1, 0.15) is 25.5 Å². The summed E-state index contributed by atoms with van der Waals surface area (Å²) < 4.78 is 1.05. The first-order valence-electron chi connectivity index (χ1n) is 4.32. The average molecular weight is 239 g/mol. The molecule has 0 spiro atoms. The topological polar surface area (TPSA) is 28.7 Å². The van der Waals surface area contributed by atoms with Crippen molar-refractivity contribution in [2.24, 2.45) is 0 Å². The first-order valence-corrected chi connectivity index (χ1v) is 5.12. The number of rotatable bonds is 1. The predicted octanol–water partition coefficient (Wildman–Crippen LogP) is 3.45. The van der Waals surface area contributed by atoms with Gasteiger partial charge in [0.25, 0.3) is 0 Å². The summed E-state index contributed by atoms with van der Waals surface area (Å²) in [6.45, 7) is 4.32. The molecule has 0 atom stereocenters. The first kappa shape index (κ1) is 8.75. The Morgan fingerprint density at radius 1 is 1.38 bits per heavy atom. The van der Waals surface area contributed by atoms with Gasteiger partial charge in [-0.1, -0.05) is 26.0 Å². The minimum Gasteiger partial charge on any atom is -0.281 e. The maximum atomic E-state index is 4.27. The van der Waals surface area contributed by atoms with E-state index in [1.54, 1.807) is 0 Å². The monoisotopic (exact) mass is 238 g/mol. The van der Waals surface area contributed by atoms with E-state index in [1.807, 2.05) is 12.1 Å². The molecule has 13 heavy (non-hydrogen) atoms. The molecular formula is C10H11BrN2. The van der Waals surface area contributed by atoms with E-state index in [0.717, 1.165) is 9.99 Å². The summed E-state index contributed by atoms with van der Waals surface area (Å²) in [7, 11) is 0. The van der Waals surface area contributed by atoms with Crippen molar-refractivity contribution in [1.29, 1.82) is 0 Å². The molecule has 3 heteroatoms. The van der Waals surface area contributed by atoms with Crippen molar-refractivity contribution in [2.45, 2.75) is 19.8 Å². The molecule has 1 aromatic carbocycles. The summed E-state index contributed by atoms with van der Waals surface area (Å²) in [5.74, 6) is 0.485. The lowest BCUT2D eigenvalue weighted by molar-refractivity contribution is 0.818. The van der Waals surface area contributed by atoms with E-state index in [9.17, 15) is 0 Å². The number of hydrogen-bond donors (Lipinski definition) is 1. The summed E-state index contributed by atoms with van der Waals surface area (Å²) in [6.07, 6.45) is 0. The number of aromatic nitrogens is 2. The van der Waals surface area contributed by atoms with E-state index in [1.165, 1.54) is 11.1 Å². The molecular weight excluding hydrogens is 228 g/mol. The zero-order valence-corrected chi connectivity index (χ0v) is 9.22. The number of para-hydroxylation sites is 1. The fourth-order valence-corrected chi connectivity index (χ4v) is 1.92. The number of hydrogen-bond acceptors (Lipinski definition) is 1. The second kappa shape index (κ2) is 3.14. The summed E-state index contributed by atoms with van der Waals surface area (Å²) in [5, 5.41) is 8.55. The van der Waals surface area contributed by atoms with Crippen LogP contribution in [0.2, 0.25) is 0 Å². The zero-order valence-electron chi connectivity index (χ0n) is 7.63. The molecule has 68 valence electrons. The summed E-state index contributed by atoms with van der Waals surface area (Å²) in [6, 6.07) is 6.14. The van der Waals surface area contributed by atoms with Gasteiger partial charge < -0.3 is 0 Å². The maximum Gasteiger partial charge on any atom is 0.107 e. The molecule has 0 unspecified atom stereocenters. The first-order chi connectivity index (χ1) is 6.20. The van der Waals surface area contributed by atoms with E-state index < -0.39 is 0 Å². The van der Waals surface area contributed by atoms with Gasteiger partial charge in [0.1, 0.15) is 5.52 Å². The van der Waals surface area contributed by atoms with Gasteiger partial charge in [0.05, 0.1) is 0 Å². The lowest BCUT2D eigenvalue weighted by atomic mass is 10.1. The molecule has 0 saturated heterocycles. The highest BCUT2D eigenvalue weighted by molar-refractivity contribution is 9.10. The smallest absolute Gasteiger partial charge is 0.107 e. The summed E-state index contributed by atoms with van der Waals surface area (Å²) >= 11 is 3.48. The van der Waals surface area contributed by atoms with Crippen LogP contribution in [0.4, 0.5) is 0 Å². The Hall–Kier alpha value is -0.830. The molecule has 2 aromatic rings. The molecule has 1 N–H and O–H groups in total. The van der Waals surface area contributed by atoms with Gasteiger partial charge in [-0.3, -0.25) is 5.10 Å². The Morgan fingerprint density at radius 3 is 2.85 bits per heavy atom. The fourth-order valence-electron chi connectivity index (χ4n) is 1.46. The van der Waals surface area contributed by atoms with Crippen LogP contribution in [0.25, 0.3) is 10.9 Å². The number of aromatic amines is 1. The van der Waals surface area contributed by atoms with Crippen molar-refractivity contribution in [3.05, 3.63) is 28.4 Å². The van der Waals surface area contributed by atoms with Crippen molar-refractivity contribution >= 4 is 26.8 Å². The van der Waals surface area contributed by atoms with Gasteiger partial charge in [-0.15, -0.1) is 0 Å². The lowest BCUT2D eigenvalue weighted by Gasteiger charge is -2.00. The van der Waals surface area contributed by atoms with Crippen LogP contribution in [0.3, 0.4) is 0 Å². The highest BCUT2D eigenvalue weighted by Crippen LogP contribution is 2.27. The van der Waals surface area contributed by atoms with Crippen LogP contribution in [-0.4, -0.2) is 10.2 Å². The third kappa shape index (κ3) is 1.37. The Morgan fingerprint density at radius 2 is 2.15 bits per heavy atom. The van der Waals surface area contributed by atoms with E-state index in [0.29, 0.717) is 5.92 Å². The van der Waals surface area contributed by atoms with Crippen molar-refractivity contribution < 1.29 is 0 Å². The molecule has 0 aliphatic heterocycles. The highest BCUT2D eigenvalue weighted by Gasteiger charge is 2.09. The summed E-state index contributed by atoms with van der Waals surface area (Å²) in [5.41, 5.74) is 2.22. The highest BCUT2D eigenvalue weighted by atomic mass is 79.9. The van der Waals surface area contributed by atoms with Gasteiger partial charge in [0.15, 0.2) is 0 Å². The molecule has 2 rings (SSSR count). The second-order valence-electron chi connectivity index (χ2n) is 3.43. The number of H-pyrrole nitrogens is 1. The molecule has 2 nitrogen and oxygen atoms in total. The molecule has 1 heterocycles. The van der Waals surface area contributed by atoms with Gasteiger partial charge in [-0.05, 0) is 27.9 Å². The largest absolute Gasteiger partial charge is 0.281 e. The SMILES string of the molecule is CC(C)c1[nH]nc2c(Br)cccc12. The van der Waals surface area contributed by atoms with Crippen LogP contribution in [-0.2, 0) is 0 Å². The molecule has 0 fully saturated rings. The second-order valence-corrected chi connectivity index (χ2v) is 4.28. The molecule has 0 aliphatic carbocycles. The molecule has 0 saturated carbocycles. The van der Waals surface area contributed by atoms with Crippen LogP contribution in [0.5, 0.6) is 0 Å². The number of nitrogens with zero attached hydrogens (tertiary/aromatic N) is 1. The number of fused-ring (bicyclic) bond motifs is 1. The molecule has 0 bridgehead atoms. The maximum absolute atomic E-state index is 4.27. The summed E-state index contributed by atoms with van der Waals surface area (Å²) in [4.78, 5) is 0. The standard InChI is InChI=1S/C10H11BrN2/c1-6(2)9-7-4-3-5-8(11)10(7)13-12-9/h3-6H,1-2H3,(H,12,13). The van der Waals surface area contributed by atoms with E-state index >= 15 is 0 Å². The van der Waals surface area contributed by atoms with E-state index in [2.05, 4.69) is 46.0 Å². The van der Waals surface area contributed by atoms with Gasteiger partial charge in [0.2, 0.25) is 0 Å². The van der Waals surface area contributed by atoms with Gasteiger partial charge in [0, 0.05) is 15.6 Å². The molecule has 0 amide bonds. The van der Waals surface area contributed by atoms with Crippen molar-refractivity contribution in [3.8, 4) is 0 Å². The minimum atomic E-state index is 0.485. The van der Waals surface area contributed by atoms with Crippen molar-refractivity contribution in [3.63, 3.8) is 0 Å². The number of halogens is 1. The van der Waals surface area contributed by atoms with Gasteiger partial charge in [-0.25, -0.2) is 0 Å². The van der Waals surface area contributed by atoms with Crippen molar-refractivity contribution in [1.82, 2.24) is 10.2 Å². The quantitative estimate of drug-likeness (QED) is 0.811. The lowest BCUT2D eigenvalue weighted by Crippen LogP contribution is -1.87. The predicted molar refractivity (Wildman–Crippen MR) is 57.9 cm³/mol. The van der Waals surface area contributed by atoms with E-state index in [-0.39, 0.29) is 0 Å². The Kier molecular flexibility index (Phi) is 2.12. The van der Waals surface area contributed by atoms with Crippen LogP contribution >= 0.6 is 15.9 Å². The molecule has 0 radical (unpaired) electrons. The van der Waals surface area contributed by atoms with Crippen LogP contribution in [0.15, 0.2) is 22.7 Å². The minimum absolute atomic E-state index is 0.485. The van der Waals surface area contributed by atoms with Crippen LogP contribution in [0, 0.1) is 0 Å². The number of nitrogens with one attached hydrogen (secondary N) is 1. The zero-order chi connectivity index (χ0) is 9.42. The van der Waals surface area contributed by atoms with Gasteiger partial charge >= 0.3 is 0 Å². The average Bonchev–Trinajstić information content (AvgIpc) is 2.48. The molecule has 0 aliphatic rings. The van der Waals surface area contributed by atoms with Crippen molar-refractivity contribution in [2.75, 3.05) is 0 Å². The Bertz CT molecular complexity index is 431. The Balaban J connectivity index is 2.75. The van der Waals surface area contributed by atoms with Crippen LogP contribution < -0.4 is 0 Å².